The van der Waals surface area contributed by atoms with E-state index < -0.39 is 5.97 Å². The van der Waals surface area contributed by atoms with E-state index in [0.717, 1.165) is 24.5 Å². The first-order valence-electron chi connectivity index (χ1n) is 5.94. The van der Waals surface area contributed by atoms with Crippen molar-refractivity contribution < 1.29 is 9.90 Å². The molecule has 1 saturated heterocycles. The van der Waals surface area contributed by atoms with E-state index in [2.05, 4.69) is 23.7 Å². The van der Waals surface area contributed by atoms with Gasteiger partial charge in [0, 0.05) is 19.6 Å². The van der Waals surface area contributed by atoms with E-state index in [1.165, 1.54) is 17.8 Å². The molecule has 2 atom stereocenters. The summed E-state index contributed by atoms with van der Waals surface area (Å²) in [6.45, 7) is 7.35. The fourth-order valence-corrected chi connectivity index (χ4v) is 3.48. The third-order valence-electron chi connectivity index (χ3n) is 3.16. The van der Waals surface area contributed by atoms with Crippen LogP contribution in [0.5, 0.6) is 0 Å². The number of carbonyl (C=O) groups is 1. The molecular formula is C12H18N2O2S. The van der Waals surface area contributed by atoms with Crippen molar-refractivity contribution in [3.05, 3.63) is 16.1 Å². The molecule has 1 N–H and O–H groups in total. The van der Waals surface area contributed by atoms with Gasteiger partial charge in [0.15, 0.2) is 5.69 Å². The van der Waals surface area contributed by atoms with E-state index in [-0.39, 0.29) is 5.69 Å². The summed E-state index contributed by atoms with van der Waals surface area (Å²) in [6.07, 6.45) is 1.27. The lowest BCUT2D eigenvalue weighted by molar-refractivity contribution is 0.0687. The average molecular weight is 254 g/mol. The number of hydrogen-bond acceptors (Lipinski definition) is 4. The smallest absolute Gasteiger partial charge is 0.355 e. The summed E-state index contributed by atoms with van der Waals surface area (Å²) in [5, 5.41) is 9.01. The molecular weight excluding hydrogens is 236 g/mol. The number of nitrogens with zero attached hydrogens (tertiary/aromatic N) is 2. The maximum absolute atomic E-state index is 11.0. The third-order valence-corrected chi connectivity index (χ3v) is 3.97. The summed E-state index contributed by atoms with van der Waals surface area (Å²) in [5.41, 5.74) is 1.84. The third kappa shape index (κ3) is 3.04. The van der Waals surface area contributed by atoms with E-state index in [9.17, 15) is 4.79 Å². The van der Waals surface area contributed by atoms with E-state index >= 15 is 0 Å². The fourth-order valence-electron chi connectivity index (χ4n) is 2.68. The lowest BCUT2D eigenvalue weighted by Crippen LogP contribution is -2.38. The number of carboxylic acids is 1. The van der Waals surface area contributed by atoms with Crippen LogP contribution in [0, 0.1) is 11.8 Å². The molecule has 2 unspecified atom stereocenters. The topological polar surface area (TPSA) is 53.4 Å². The molecule has 94 valence electrons. The molecule has 0 radical (unpaired) electrons. The van der Waals surface area contributed by atoms with Gasteiger partial charge in [-0.25, -0.2) is 9.78 Å². The normalized spacial score (nSPS) is 26.0. The molecule has 5 heteroatoms. The predicted octanol–water partition coefficient (Wildman–Crippen LogP) is 2.32. The zero-order valence-corrected chi connectivity index (χ0v) is 11.0. The first-order valence-corrected chi connectivity index (χ1v) is 6.82. The van der Waals surface area contributed by atoms with Gasteiger partial charge in [-0.05, 0) is 18.3 Å². The quantitative estimate of drug-likeness (QED) is 0.899. The Balaban J connectivity index is 2.05. The van der Waals surface area contributed by atoms with E-state index in [1.54, 1.807) is 5.51 Å². The van der Waals surface area contributed by atoms with Gasteiger partial charge in [0.2, 0.25) is 0 Å². The van der Waals surface area contributed by atoms with E-state index in [0.29, 0.717) is 11.8 Å². The lowest BCUT2D eigenvalue weighted by Gasteiger charge is -2.34. The highest BCUT2D eigenvalue weighted by atomic mass is 32.1. The lowest BCUT2D eigenvalue weighted by atomic mass is 9.92. The Labute approximate surface area is 105 Å². The van der Waals surface area contributed by atoms with Crippen molar-refractivity contribution in [2.75, 3.05) is 13.1 Å². The Hall–Kier alpha value is -0.940. The minimum absolute atomic E-state index is 0.223. The van der Waals surface area contributed by atoms with Gasteiger partial charge in [-0.15, -0.1) is 11.3 Å². The summed E-state index contributed by atoms with van der Waals surface area (Å²) >= 11 is 1.44. The summed E-state index contributed by atoms with van der Waals surface area (Å²) in [7, 11) is 0. The number of aromatic carboxylic acids is 1. The molecule has 0 amide bonds. The molecule has 4 nitrogen and oxygen atoms in total. The highest BCUT2D eigenvalue weighted by molar-refractivity contribution is 7.09. The number of aromatic nitrogens is 1. The number of hydrogen-bond donors (Lipinski definition) is 1. The molecule has 1 aromatic heterocycles. The zero-order valence-electron chi connectivity index (χ0n) is 10.2. The van der Waals surface area contributed by atoms with Crippen LogP contribution in [0.3, 0.4) is 0 Å². The molecule has 1 fully saturated rings. The second-order valence-corrected chi connectivity index (χ2v) is 6.01. The van der Waals surface area contributed by atoms with Crippen molar-refractivity contribution >= 4 is 17.3 Å². The van der Waals surface area contributed by atoms with Crippen molar-refractivity contribution in [1.29, 1.82) is 0 Å². The summed E-state index contributed by atoms with van der Waals surface area (Å²) in [4.78, 5) is 18.1. The highest BCUT2D eigenvalue weighted by Crippen LogP contribution is 2.24. The van der Waals surface area contributed by atoms with Gasteiger partial charge in [-0.3, -0.25) is 4.90 Å². The average Bonchev–Trinajstić information content (AvgIpc) is 2.63. The molecule has 1 aliphatic heterocycles. The van der Waals surface area contributed by atoms with E-state index in [1.807, 2.05) is 0 Å². The van der Waals surface area contributed by atoms with Gasteiger partial charge in [-0.1, -0.05) is 13.8 Å². The first-order chi connectivity index (χ1) is 8.06. The number of rotatable bonds is 3. The zero-order chi connectivity index (χ0) is 12.4. The van der Waals surface area contributed by atoms with Crippen LogP contribution in [-0.2, 0) is 6.54 Å². The van der Waals surface area contributed by atoms with Crippen LogP contribution in [0.4, 0.5) is 0 Å². The largest absolute Gasteiger partial charge is 0.476 e. The van der Waals surface area contributed by atoms with Crippen molar-refractivity contribution in [2.45, 2.75) is 26.8 Å². The van der Waals surface area contributed by atoms with Gasteiger partial charge < -0.3 is 5.11 Å². The van der Waals surface area contributed by atoms with Crippen LogP contribution >= 0.6 is 11.3 Å². The Morgan fingerprint density at radius 2 is 2.18 bits per heavy atom. The maximum Gasteiger partial charge on any atom is 0.355 e. The van der Waals surface area contributed by atoms with Crippen LogP contribution in [0.25, 0.3) is 0 Å². The molecule has 0 spiro atoms. The van der Waals surface area contributed by atoms with Crippen LogP contribution < -0.4 is 0 Å². The molecule has 2 heterocycles. The van der Waals surface area contributed by atoms with Crippen LogP contribution in [0.2, 0.25) is 0 Å². The van der Waals surface area contributed by atoms with Crippen molar-refractivity contribution in [3.63, 3.8) is 0 Å². The number of thiazole rings is 1. The van der Waals surface area contributed by atoms with Gasteiger partial charge in [0.1, 0.15) is 0 Å². The Kier molecular flexibility index (Phi) is 3.79. The minimum Gasteiger partial charge on any atom is -0.476 e. The molecule has 17 heavy (non-hydrogen) atoms. The van der Waals surface area contributed by atoms with Crippen molar-refractivity contribution in [1.82, 2.24) is 9.88 Å². The second kappa shape index (κ2) is 5.14. The fraction of sp³-hybridized carbons (Fsp3) is 0.667. The Bertz CT molecular complexity index is 395. The number of carboxylic acid groups (broad SMARTS) is 1. The second-order valence-electron chi connectivity index (χ2n) is 5.07. The van der Waals surface area contributed by atoms with Gasteiger partial charge in [-0.2, -0.15) is 0 Å². The Morgan fingerprint density at radius 1 is 1.53 bits per heavy atom. The molecule has 1 aromatic rings. The van der Waals surface area contributed by atoms with Gasteiger partial charge >= 0.3 is 5.97 Å². The highest BCUT2D eigenvalue weighted by Gasteiger charge is 2.24. The minimum atomic E-state index is -0.917. The summed E-state index contributed by atoms with van der Waals surface area (Å²) in [5.74, 6) is 0.472. The van der Waals surface area contributed by atoms with Crippen molar-refractivity contribution in [2.24, 2.45) is 11.8 Å². The number of piperidine rings is 1. The summed E-state index contributed by atoms with van der Waals surface area (Å²) in [6, 6.07) is 0. The molecule has 0 saturated carbocycles. The first kappa shape index (κ1) is 12.5. The standard InChI is InChI=1S/C12H18N2O2S/c1-8-3-9(2)5-14(4-8)6-10-11(12(15)16)13-7-17-10/h7-9H,3-6H2,1-2H3,(H,15,16). The van der Waals surface area contributed by atoms with Gasteiger partial charge in [0.25, 0.3) is 0 Å². The maximum atomic E-state index is 11.0. The van der Waals surface area contributed by atoms with Gasteiger partial charge in [0.05, 0.1) is 10.4 Å². The molecule has 0 aromatic carbocycles. The van der Waals surface area contributed by atoms with Crippen molar-refractivity contribution in [3.8, 4) is 0 Å². The monoisotopic (exact) mass is 254 g/mol. The van der Waals surface area contributed by atoms with Crippen LogP contribution in [-0.4, -0.2) is 34.0 Å². The Morgan fingerprint density at radius 3 is 2.76 bits per heavy atom. The molecule has 0 aliphatic carbocycles. The number of likely N-dealkylation sites (tertiary alicyclic amines) is 1. The predicted molar refractivity (Wildman–Crippen MR) is 67.3 cm³/mol. The van der Waals surface area contributed by atoms with Crippen LogP contribution in [0.1, 0.15) is 35.6 Å². The molecule has 2 rings (SSSR count). The molecule has 0 bridgehead atoms. The SMILES string of the molecule is CC1CC(C)CN(Cc2scnc2C(=O)O)C1. The molecule has 1 aliphatic rings. The van der Waals surface area contributed by atoms with Crippen LogP contribution in [0.15, 0.2) is 5.51 Å². The summed E-state index contributed by atoms with van der Waals surface area (Å²) < 4.78 is 0. The van der Waals surface area contributed by atoms with E-state index in [4.69, 9.17) is 5.11 Å².